The number of Topliss-reactive ketones (excluding diaryl/α,β-unsaturated/α-hetero) is 1. The fourth-order valence-electron chi connectivity index (χ4n) is 5.95. The van der Waals surface area contributed by atoms with Gasteiger partial charge >= 0.3 is 0 Å². The van der Waals surface area contributed by atoms with Crippen molar-refractivity contribution in [1.82, 2.24) is 4.90 Å². The Bertz CT molecular complexity index is 1240. The van der Waals surface area contributed by atoms with E-state index < -0.39 is 5.54 Å². The van der Waals surface area contributed by atoms with E-state index in [-0.39, 0.29) is 30.1 Å². The Labute approximate surface area is 225 Å². The highest BCUT2D eigenvalue weighted by Crippen LogP contribution is 2.40. The molecule has 1 aliphatic heterocycles. The van der Waals surface area contributed by atoms with E-state index in [4.69, 9.17) is 10.7 Å². The number of guanidine groups is 1. The van der Waals surface area contributed by atoms with Crippen LogP contribution in [0.2, 0.25) is 0 Å². The molecule has 5 rings (SSSR count). The molecule has 0 unspecified atom stereocenters. The summed E-state index contributed by atoms with van der Waals surface area (Å²) in [6.45, 7) is 0.265. The number of hydrogen-bond donors (Lipinski definition) is 1. The van der Waals surface area contributed by atoms with Crippen LogP contribution < -0.4 is 5.73 Å². The lowest BCUT2D eigenvalue weighted by molar-refractivity contribution is -0.130. The Morgan fingerprint density at radius 3 is 1.92 bits per heavy atom. The van der Waals surface area contributed by atoms with Crippen LogP contribution in [0.1, 0.15) is 84.8 Å². The molecule has 3 aromatic rings. The van der Waals surface area contributed by atoms with Gasteiger partial charge in [0, 0.05) is 11.5 Å². The molecule has 3 aromatic carbocycles. The standard InChI is InChI=1S/C33H37N3O2/c34-32-35-33(28-19-10-6-11-20-28,29-21-12-7-13-22-29)31(38)36(32)24-25-15-14-18-27(23-25)30(37)26-16-8-4-2-1-3-5-9-17-26/h6-7,10-15,18-23,26H,1-5,8-9,16-17,24H2,(H2,34,35). The first-order valence-corrected chi connectivity index (χ1v) is 14.0. The van der Waals surface area contributed by atoms with Gasteiger partial charge in [-0.15, -0.1) is 0 Å². The van der Waals surface area contributed by atoms with Crippen LogP contribution >= 0.6 is 0 Å². The molecule has 1 fully saturated rings. The normalized spacial score (nSPS) is 18.7. The van der Waals surface area contributed by atoms with Crippen LogP contribution in [0.5, 0.6) is 0 Å². The van der Waals surface area contributed by atoms with Gasteiger partial charge in [-0.05, 0) is 35.6 Å². The lowest BCUT2D eigenvalue weighted by Crippen LogP contribution is -2.43. The van der Waals surface area contributed by atoms with E-state index in [0.29, 0.717) is 0 Å². The summed E-state index contributed by atoms with van der Waals surface area (Å²) in [6.07, 6.45) is 10.5. The van der Waals surface area contributed by atoms with E-state index in [1.807, 2.05) is 84.9 Å². The Hall–Kier alpha value is -3.73. The molecule has 5 nitrogen and oxygen atoms in total. The van der Waals surface area contributed by atoms with Crippen molar-refractivity contribution in [2.45, 2.75) is 69.9 Å². The van der Waals surface area contributed by atoms with Crippen molar-refractivity contribution in [1.29, 1.82) is 0 Å². The molecule has 5 heteroatoms. The summed E-state index contributed by atoms with van der Waals surface area (Å²) in [5, 5.41) is 0. The Balaban J connectivity index is 1.39. The van der Waals surface area contributed by atoms with Crippen molar-refractivity contribution in [2.24, 2.45) is 16.6 Å². The molecule has 196 valence electrons. The number of nitrogens with two attached hydrogens (primary N) is 1. The number of amides is 1. The Morgan fingerprint density at radius 1 is 0.789 bits per heavy atom. The van der Waals surface area contributed by atoms with Gasteiger partial charge in [-0.2, -0.15) is 0 Å². The number of ketones is 1. The molecule has 0 aromatic heterocycles. The number of carbonyl (C=O) groups excluding carboxylic acids is 2. The first-order chi connectivity index (χ1) is 18.6. The molecule has 0 radical (unpaired) electrons. The largest absolute Gasteiger partial charge is 0.369 e. The zero-order chi connectivity index (χ0) is 26.4. The van der Waals surface area contributed by atoms with Crippen LogP contribution in [0.3, 0.4) is 0 Å². The van der Waals surface area contributed by atoms with E-state index in [9.17, 15) is 9.59 Å². The first-order valence-electron chi connectivity index (χ1n) is 14.0. The Morgan fingerprint density at radius 2 is 1.34 bits per heavy atom. The molecule has 2 N–H and O–H groups in total. The zero-order valence-electron chi connectivity index (χ0n) is 22.0. The summed E-state index contributed by atoms with van der Waals surface area (Å²) in [5.74, 6) is 0.306. The number of nitrogens with zero attached hydrogens (tertiary/aromatic N) is 2. The van der Waals surface area contributed by atoms with Gasteiger partial charge < -0.3 is 5.73 Å². The number of carbonyl (C=O) groups is 2. The molecule has 1 saturated carbocycles. The molecular formula is C33H37N3O2. The molecule has 0 atom stereocenters. The molecule has 1 amide bonds. The molecule has 2 aliphatic rings. The highest BCUT2D eigenvalue weighted by atomic mass is 16.2. The highest BCUT2D eigenvalue weighted by Gasteiger charge is 2.50. The quantitative estimate of drug-likeness (QED) is 0.381. The minimum Gasteiger partial charge on any atom is -0.369 e. The van der Waals surface area contributed by atoms with Crippen LogP contribution in [0, 0.1) is 5.92 Å². The van der Waals surface area contributed by atoms with E-state index in [2.05, 4.69) is 0 Å². The van der Waals surface area contributed by atoms with Gasteiger partial charge in [0.2, 0.25) is 0 Å². The lowest BCUT2D eigenvalue weighted by Gasteiger charge is -2.27. The maximum Gasteiger partial charge on any atom is 0.266 e. The molecule has 1 aliphatic carbocycles. The van der Waals surface area contributed by atoms with E-state index in [1.165, 1.54) is 32.1 Å². The van der Waals surface area contributed by atoms with Crippen molar-refractivity contribution in [2.75, 3.05) is 0 Å². The number of rotatable bonds is 6. The van der Waals surface area contributed by atoms with Gasteiger partial charge in [0.1, 0.15) is 0 Å². The Kier molecular flexibility index (Phi) is 8.02. The number of aliphatic imine (C=N–C) groups is 1. The summed E-state index contributed by atoms with van der Waals surface area (Å²) < 4.78 is 0. The van der Waals surface area contributed by atoms with Crippen LogP contribution in [0.25, 0.3) is 0 Å². The second-order valence-corrected chi connectivity index (χ2v) is 10.6. The first kappa shape index (κ1) is 25.9. The van der Waals surface area contributed by atoms with Crippen molar-refractivity contribution in [3.63, 3.8) is 0 Å². The smallest absolute Gasteiger partial charge is 0.266 e. The topological polar surface area (TPSA) is 75.8 Å². The van der Waals surface area contributed by atoms with Crippen LogP contribution in [-0.2, 0) is 16.9 Å². The second-order valence-electron chi connectivity index (χ2n) is 10.6. The van der Waals surface area contributed by atoms with Gasteiger partial charge in [0.05, 0.1) is 6.54 Å². The third-order valence-corrected chi connectivity index (χ3v) is 8.02. The summed E-state index contributed by atoms with van der Waals surface area (Å²) >= 11 is 0. The van der Waals surface area contributed by atoms with Gasteiger partial charge in [0.25, 0.3) is 5.91 Å². The predicted octanol–water partition coefficient (Wildman–Crippen LogP) is 6.61. The molecule has 0 spiro atoms. The summed E-state index contributed by atoms with van der Waals surface area (Å²) in [7, 11) is 0. The van der Waals surface area contributed by atoms with E-state index >= 15 is 0 Å². The van der Waals surface area contributed by atoms with Crippen LogP contribution in [0.15, 0.2) is 89.9 Å². The molecule has 0 saturated heterocycles. The van der Waals surface area contributed by atoms with Gasteiger partial charge in [-0.3, -0.25) is 14.5 Å². The van der Waals surface area contributed by atoms with Crippen LogP contribution in [-0.4, -0.2) is 22.5 Å². The number of benzene rings is 3. The average molecular weight is 508 g/mol. The van der Waals surface area contributed by atoms with E-state index in [0.717, 1.165) is 47.9 Å². The maximum atomic E-state index is 14.1. The molecule has 38 heavy (non-hydrogen) atoms. The van der Waals surface area contributed by atoms with E-state index in [1.54, 1.807) is 4.90 Å². The molecular weight excluding hydrogens is 470 g/mol. The monoisotopic (exact) mass is 507 g/mol. The maximum absolute atomic E-state index is 14.1. The fraction of sp³-hybridized carbons (Fsp3) is 0.364. The van der Waals surface area contributed by atoms with Crippen molar-refractivity contribution in [3.05, 3.63) is 107 Å². The minimum absolute atomic E-state index is 0.0761. The SMILES string of the molecule is NC1=NC(c2ccccc2)(c2ccccc2)C(=O)N1Cc1cccc(C(=O)C2CCCCCCCCC2)c1. The zero-order valence-corrected chi connectivity index (χ0v) is 22.0. The second kappa shape index (κ2) is 11.8. The van der Waals surface area contributed by atoms with Crippen molar-refractivity contribution < 1.29 is 9.59 Å². The molecule has 0 bridgehead atoms. The average Bonchev–Trinajstić information content (AvgIpc) is 3.22. The third-order valence-electron chi connectivity index (χ3n) is 8.02. The van der Waals surface area contributed by atoms with Gasteiger partial charge in [-0.1, -0.05) is 124 Å². The lowest BCUT2D eigenvalue weighted by atomic mass is 9.83. The van der Waals surface area contributed by atoms with Crippen LogP contribution in [0.4, 0.5) is 0 Å². The minimum atomic E-state index is -1.23. The summed E-state index contributed by atoms with van der Waals surface area (Å²) in [5.41, 5.74) is 8.36. The summed E-state index contributed by atoms with van der Waals surface area (Å²) in [6, 6.07) is 26.9. The van der Waals surface area contributed by atoms with Crippen molar-refractivity contribution in [3.8, 4) is 0 Å². The fourth-order valence-corrected chi connectivity index (χ4v) is 5.95. The molecule has 1 heterocycles. The summed E-state index contributed by atoms with van der Waals surface area (Å²) in [4.78, 5) is 34.0. The van der Waals surface area contributed by atoms with Gasteiger partial charge in [-0.25, -0.2) is 4.99 Å². The van der Waals surface area contributed by atoms with Gasteiger partial charge in [0.15, 0.2) is 17.3 Å². The predicted molar refractivity (Wildman–Crippen MR) is 152 cm³/mol. The third kappa shape index (κ3) is 5.28. The van der Waals surface area contributed by atoms with Crippen molar-refractivity contribution >= 4 is 17.6 Å². The highest BCUT2D eigenvalue weighted by molar-refractivity contribution is 6.09. The number of hydrogen-bond acceptors (Lipinski definition) is 4.